The lowest BCUT2D eigenvalue weighted by Gasteiger charge is -2.31. The van der Waals surface area contributed by atoms with Gasteiger partial charge in [0.15, 0.2) is 11.5 Å². The second-order valence-electron chi connectivity index (χ2n) is 6.60. The fourth-order valence-electron chi connectivity index (χ4n) is 3.33. The third kappa shape index (κ3) is 3.35. The lowest BCUT2D eigenvalue weighted by molar-refractivity contribution is -0.286. The van der Waals surface area contributed by atoms with Crippen LogP contribution in [-0.2, 0) is 5.41 Å². The highest BCUT2D eigenvalue weighted by molar-refractivity contribution is 9.10. The third-order valence-electron chi connectivity index (χ3n) is 4.82. The van der Waals surface area contributed by atoms with Gasteiger partial charge in [-0.3, -0.25) is 4.99 Å². The number of fused-ring (bicyclic) bond motifs is 1. The lowest BCUT2D eigenvalue weighted by atomic mass is 9.76. The molecule has 29 heavy (non-hydrogen) atoms. The largest absolute Gasteiger partial charge is 0.586 e. The number of nitrogens with zero attached hydrogens (tertiary/aromatic N) is 1. The summed E-state index contributed by atoms with van der Waals surface area (Å²) in [6.07, 6.45) is -9.39. The van der Waals surface area contributed by atoms with E-state index in [-0.39, 0.29) is 15.7 Å². The Bertz CT molecular complexity index is 1040. The molecule has 2 aromatic carbocycles. The van der Waals surface area contributed by atoms with E-state index in [0.717, 1.165) is 18.2 Å². The summed E-state index contributed by atoms with van der Waals surface area (Å²) in [6, 6.07) is 5.52. The van der Waals surface area contributed by atoms with Crippen LogP contribution >= 0.6 is 27.5 Å². The summed E-state index contributed by atoms with van der Waals surface area (Å²) < 4.78 is 91.2. The van der Waals surface area contributed by atoms with Gasteiger partial charge in [-0.1, -0.05) is 17.7 Å². The van der Waals surface area contributed by atoms with Gasteiger partial charge in [-0.15, -0.1) is 8.78 Å². The topological polar surface area (TPSA) is 30.8 Å². The average molecular weight is 501 g/mol. The molecule has 1 unspecified atom stereocenters. The summed E-state index contributed by atoms with van der Waals surface area (Å²) in [7, 11) is 0. The summed E-state index contributed by atoms with van der Waals surface area (Å²) in [6.45, 7) is -0.687. The molecule has 0 bridgehead atoms. The van der Waals surface area contributed by atoms with Crippen molar-refractivity contribution < 1.29 is 35.8 Å². The van der Waals surface area contributed by atoms with E-state index in [1.165, 1.54) is 12.1 Å². The number of ether oxygens (including phenoxy) is 2. The standard InChI is InChI=1S/C18H9BrClF6NO2/c19-10-3-8(1-2-12(10)21)13-6-16(7-27-13,17(22,23)24)9-4-11(20)15-14(5-9)28-18(25,26)29-15/h1-5H,6-7H2. The first-order valence-corrected chi connectivity index (χ1v) is 9.24. The normalized spacial score (nSPS) is 22.7. The van der Waals surface area contributed by atoms with Crippen molar-refractivity contribution in [2.75, 3.05) is 6.54 Å². The van der Waals surface area contributed by atoms with Crippen LogP contribution in [0.2, 0.25) is 5.02 Å². The molecule has 2 aliphatic heterocycles. The molecule has 2 aromatic rings. The number of halogens is 8. The highest BCUT2D eigenvalue weighted by atomic mass is 79.9. The Balaban J connectivity index is 1.76. The van der Waals surface area contributed by atoms with Gasteiger partial charge in [0.2, 0.25) is 0 Å². The maximum Gasteiger partial charge on any atom is 0.586 e. The molecule has 0 N–H and O–H groups in total. The molecule has 0 amide bonds. The third-order valence-corrected chi connectivity index (χ3v) is 5.70. The number of alkyl halides is 5. The molecular weight excluding hydrogens is 492 g/mol. The van der Waals surface area contributed by atoms with E-state index < -0.39 is 53.2 Å². The summed E-state index contributed by atoms with van der Waals surface area (Å²) in [5.41, 5.74) is -2.48. The smallest absolute Gasteiger partial charge is 0.395 e. The Morgan fingerprint density at radius 3 is 2.48 bits per heavy atom. The Kier molecular flexibility index (Phi) is 4.58. The first-order valence-electron chi connectivity index (χ1n) is 8.07. The zero-order chi connectivity index (χ0) is 21.2. The molecule has 154 valence electrons. The van der Waals surface area contributed by atoms with E-state index in [0.29, 0.717) is 5.56 Å². The van der Waals surface area contributed by atoms with E-state index in [2.05, 4.69) is 30.4 Å². The monoisotopic (exact) mass is 499 g/mol. The van der Waals surface area contributed by atoms with Gasteiger partial charge in [0.1, 0.15) is 11.2 Å². The molecule has 0 aromatic heterocycles. The van der Waals surface area contributed by atoms with Gasteiger partial charge in [-0.25, -0.2) is 4.39 Å². The average Bonchev–Trinajstić information content (AvgIpc) is 3.18. The summed E-state index contributed by atoms with van der Waals surface area (Å²) in [4.78, 5) is 4.02. The zero-order valence-corrected chi connectivity index (χ0v) is 16.4. The first kappa shape index (κ1) is 20.3. The summed E-state index contributed by atoms with van der Waals surface area (Å²) in [5, 5.41) is -0.434. The van der Waals surface area contributed by atoms with Crippen LogP contribution in [0.25, 0.3) is 0 Å². The minimum absolute atomic E-state index is 0.0792. The van der Waals surface area contributed by atoms with Crippen molar-refractivity contribution in [1.29, 1.82) is 0 Å². The summed E-state index contributed by atoms with van der Waals surface area (Å²) >= 11 is 8.88. The zero-order valence-electron chi connectivity index (χ0n) is 14.1. The quantitative estimate of drug-likeness (QED) is 0.456. The van der Waals surface area contributed by atoms with E-state index in [9.17, 15) is 26.3 Å². The molecule has 3 nitrogen and oxygen atoms in total. The Labute approximate surface area is 173 Å². The van der Waals surface area contributed by atoms with E-state index >= 15 is 0 Å². The van der Waals surface area contributed by atoms with Crippen molar-refractivity contribution in [2.45, 2.75) is 24.3 Å². The van der Waals surface area contributed by atoms with Crippen LogP contribution in [-0.4, -0.2) is 24.7 Å². The molecule has 2 heterocycles. The number of benzene rings is 2. The molecule has 11 heteroatoms. The van der Waals surface area contributed by atoms with Crippen molar-refractivity contribution >= 4 is 33.2 Å². The van der Waals surface area contributed by atoms with Crippen LogP contribution in [0.5, 0.6) is 11.5 Å². The van der Waals surface area contributed by atoms with Gasteiger partial charge in [-0.2, -0.15) is 13.2 Å². The van der Waals surface area contributed by atoms with Gasteiger partial charge in [-0.05, 0) is 51.3 Å². The highest BCUT2D eigenvalue weighted by Crippen LogP contribution is 2.53. The maximum absolute atomic E-state index is 14.2. The van der Waals surface area contributed by atoms with Crippen molar-refractivity contribution in [2.24, 2.45) is 4.99 Å². The number of hydrogen-bond acceptors (Lipinski definition) is 3. The molecule has 0 radical (unpaired) electrons. The lowest BCUT2D eigenvalue weighted by Crippen LogP contribution is -2.43. The number of aliphatic imine (C=N–C) groups is 1. The van der Waals surface area contributed by atoms with Crippen LogP contribution in [0.1, 0.15) is 17.5 Å². The predicted octanol–water partition coefficient (Wildman–Crippen LogP) is 6.26. The Hall–Kier alpha value is -1.94. The van der Waals surface area contributed by atoms with Crippen LogP contribution < -0.4 is 9.47 Å². The Morgan fingerprint density at radius 2 is 1.83 bits per heavy atom. The van der Waals surface area contributed by atoms with Crippen molar-refractivity contribution in [3.05, 3.63) is 56.8 Å². The Morgan fingerprint density at radius 1 is 1.10 bits per heavy atom. The molecule has 4 rings (SSSR count). The van der Waals surface area contributed by atoms with Crippen LogP contribution in [0.15, 0.2) is 39.8 Å². The molecule has 0 saturated carbocycles. The highest BCUT2D eigenvalue weighted by Gasteiger charge is 2.59. The second-order valence-corrected chi connectivity index (χ2v) is 7.86. The first-order chi connectivity index (χ1) is 13.4. The summed E-state index contributed by atoms with van der Waals surface area (Å²) in [5.74, 6) is -1.68. The second kappa shape index (κ2) is 6.53. The van der Waals surface area contributed by atoms with Crippen LogP contribution in [0.4, 0.5) is 26.3 Å². The number of hydrogen-bond donors (Lipinski definition) is 0. The van der Waals surface area contributed by atoms with E-state index in [1.54, 1.807) is 0 Å². The van der Waals surface area contributed by atoms with Crippen molar-refractivity contribution in [1.82, 2.24) is 0 Å². The maximum atomic E-state index is 14.2. The molecule has 0 fully saturated rings. The molecule has 2 aliphatic rings. The predicted molar refractivity (Wildman–Crippen MR) is 95.5 cm³/mol. The SMILES string of the molecule is Fc1ccc(C2=NCC(c3cc(Cl)c4c(c3)OC(F)(F)O4)(C(F)(F)F)C2)cc1Br. The fourth-order valence-corrected chi connectivity index (χ4v) is 3.96. The molecule has 0 saturated heterocycles. The van der Waals surface area contributed by atoms with Crippen LogP contribution in [0.3, 0.4) is 0 Å². The van der Waals surface area contributed by atoms with Gasteiger partial charge in [0, 0.05) is 12.1 Å². The molecule has 0 spiro atoms. The van der Waals surface area contributed by atoms with Crippen LogP contribution in [0, 0.1) is 5.82 Å². The molecule has 0 aliphatic carbocycles. The van der Waals surface area contributed by atoms with E-state index in [4.69, 9.17) is 11.6 Å². The molecular formula is C18H9BrClF6NO2. The van der Waals surface area contributed by atoms with Gasteiger partial charge < -0.3 is 9.47 Å². The fraction of sp³-hybridized carbons (Fsp3) is 0.278. The van der Waals surface area contributed by atoms with Gasteiger partial charge >= 0.3 is 12.5 Å². The minimum atomic E-state index is -4.78. The van der Waals surface area contributed by atoms with Gasteiger partial charge in [0.25, 0.3) is 0 Å². The minimum Gasteiger partial charge on any atom is -0.395 e. The van der Waals surface area contributed by atoms with E-state index in [1.807, 2.05) is 0 Å². The van der Waals surface area contributed by atoms with Crippen molar-refractivity contribution in [3.63, 3.8) is 0 Å². The van der Waals surface area contributed by atoms with Gasteiger partial charge in [0.05, 0.1) is 16.0 Å². The van der Waals surface area contributed by atoms with Crippen molar-refractivity contribution in [3.8, 4) is 11.5 Å². The number of rotatable bonds is 2. The molecule has 1 atom stereocenters.